The maximum atomic E-state index is 11.3. The van der Waals surface area contributed by atoms with Crippen molar-refractivity contribution >= 4 is 27.8 Å². The number of nitrogens with zero attached hydrogens (tertiary/aromatic N) is 3. The highest BCUT2D eigenvalue weighted by molar-refractivity contribution is 9.10. The summed E-state index contributed by atoms with van der Waals surface area (Å²) >= 11 is 3.34. The van der Waals surface area contributed by atoms with Gasteiger partial charge < -0.3 is 10.0 Å². The molecule has 3 rings (SSSR count). The molecule has 1 aliphatic heterocycles. The van der Waals surface area contributed by atoms with E-state index in [2.05, 4.69) is 25.9 Å². The lowest BCUT2D eigenvalue weighted by molar-refractivity contribution is -0.138. The van der Waals surface area contributed by atoms with Crippen molar-refractivity contribution in [1.82, 2.24) is 9.97 Å². The van der Waals surface area contributed by atoms with E-state index in [9.17, 15) is 9.90 Å². The number of aryl methyl sites for hydroxylation is 1. The Bertz CT molecular complexity index is 494. The summed E-state index contributed by atoms with van der Waals surface area (Å²) in [6, 6.07) is -0.444. The Labute approximate surface area is 107 Å². The Morgan fingerprint density at radius 2 is 2.41 bits per heavy atom. The lowest BCUT2D eigenvalue weighted by atomic mass is 10.2. The fourth-order valence-electron chi connectivity index (χ4n) is 2.57. The molecule has 3 unspecified atom stereocenters. The van der Waals surface area contributed by atoms with E-state index in [-0.39, 0.29) is 0 Å². The van der Waals surface area contributed by atoms with Crippen molar-refractivity contribution in [2.75, 3.05) is 11.4 Å². The molecule has 0 bridgehead atoms. The van der Waals surface area contributed by atoms with Gasteiger partial charge in [-0.25, -0.2) is 14.8 Å². The van der Waals surface area contributed by atoms with E-state index in [0.29, 0.717) is 17.8 Å². The fourth-order valence-corrected chi connectivity index (χ4v) is 2.76. The van der Waals surface area contributed by atoms with Crippen LogP contribution in [0.25, 0.3) is 0 Å². The Morgan fingerprint density at radius 3 is 3.06 bits per heavy atom. The van der Waals surface area contributed by atoms with E-state index in [4.69, 9.17) is 0 Å². The Kier molecular flexibility index (Phi) is 2.36. The zero-order chi connectivity index (χ0) is 12.2. The maximum absolute atomic E-state index is 11.3. The van der Waals surface area contributed by atoms with E-state index < -0.39 is 12.0 Å². The van der Waals surface area contributed by atoms with Gasteiger partial charge in [-0.3, -0.25) is 0 Å². The highest BCUT2D eigenvalue weighted by atomic mass is 79.9. The van der Waals surface area contributed by atoms with Crippen LogP contribution >= 0.6 is 15.9 Å². The minimum Gasteiger partial charge on any atom is -0.480 e. The van der Waals surface area contributed by atoms with Gasteiger partial charge in [-0.05, 0) is 41.1 Å². The Hall–Kier alpha value is -1.17. The molecule has 1 N–H and O–H groups in total. The normalized spacial score (nSPS) is 30.2. The van der Waals surface area contributed by atoms with Gasteiger partial charge >= 0.3 is 5.97 Å². The van der Waals surface area contributed by atoms with E-state index in [0.717, 1.165) is 23.1 Å². The first kappa shape index (κ1) is 11.0. The van der Waals surface area contributed by atoms with Crippen LogP contribution in [-0.2, 0) is 4.79 Å². The Morgan fingerprint density at radius 1 is 1.65 bits per heavy atom. The number of rotatable bonds is 2. The molecule has 1 aromatic rings. The number of anilines is 1. The number of fused-ring (bicyclic) bond motifs is 1. The third-order valence-electron chi connectivity index (χ3n) is 3.57. The van der Waals surface area contributed by atoms with Crippen LogP contribution in [0.5, 0.6) is 0 Å². The second-order valence-corrected chi connectivity index (χ2v) is 5.55. The third kappa shape index (κ3) is 1.71. The molecule has 0 amide bonds. The molecule has 2 aliphatic rings. The van der Waals surface area contributed by atoms with E-state index in [1.807, 2.05) is 11.8 Å². The molecule has 17 heavy (non-hydrogen) atoms. The minimum atomic E-state index is -0.765. The second-order valence-electron chi connectivity index (χ2n) is 4.70. The lowest BCUT2D eigenvalue weighted by Gasteiger charge is -2.24. The summed E-state index contributed by atoms with van der Waals surface area (Å²) in [5, 5.41) is 9.26. The molecule has 90 valence electrons. The predicted octanol–water partition coefficient (Wildman–Crippen LogP) is 1.46. The van der Waals surface area contributed by atoms with Crippen molar-refractivity contribution in [3.05, 3.63) is 16.4 Å². The number of carboxylic acid groups (broad SMARTS) is 1. The van der Waals surface area contributed by atoms with E-state index in [1.165, 1.54) is 0 Å². The average molecular weight is 298 g/mol. The van der Waals surface area contributed by atoms with Crippen LogP contribution in [0.2, 0.25) is 0 Å². The highest BCUT2D eigenvalue weighted by Gasteiger charge is 2.56. The summed E-state index contributed by atoms with van der Waals surface area (Å²) in [5.74, 6) is 0.577. The van der Waals surface area contributed by atoms with Crippen LogP contribution in [0.4, 0.5) is 5.95 Å². The third-order valence-corrected chi connectivity index (χ3v) is 4.35. The van der Waals surface area contributed by atoms with Crippen LogP contribution < -0.4 is 4.90 Å². The first-order valence-electron chi connectivity index (χ1n) is 5.56. The molecule has 0 aromatic carbocycles. The van der Waals surface area contributed by atoms with Crippen LogP contribution in [0.1, 0.15) is 12.1 Å². The number of carbonyl (C=O) groups is 1. The summed E-state index contributed by atoms with van der Waals surface area (Å²) in [6.07, 6.45) is 2.71. The summed E-state index contributed by atoms with van der Waals surface area (Å²) in [6.45, 7) is 2.64. The van der Waals surface area contributed by atoms with Gasteiger partial charge in [0.05, 0.1) is 10.2 Å². The average Bonchev–Trinajstić information content (AvgIpc) is 2.92. The van der Waals surface area contributed by atoms with Crippen molar-refractivity contribution in [3.8, 4) is 0 Å². The van der Waals surface area contributed by atoms with Gasteiger partial charge in [0.25, 0.3) is 0 Å². The molecule has 0 radical (unpaired) electrons. The standard InChI is InChI=1S/C11H12BrN3O2/c1-5-8(12)3-13-11(14-5)15-4-6-2-7(6)9(15)10(16)17/h3,6-7,9H,2,4H2,1H3,(H,16,17). The summed E-state index contributed by atoms with van der Waals surface area (Å²) in [7, 11) is 0. The van der Waals surface area contributed by atoms with Crippen molar-refractivity contribution in [3.63, 3.8) is 0 Å². The van der Waals surface area contributed by atoms with Gasteiger partial charge in [0, 0.05) is 12.7 Å². The van der Waals surface area contributed by atoms with Crippen molar-refractivity contribution < 1.29 is 9.90 Å². The lowest BCUT2D eigenvalue weighted by Crippen LogP contribution is -2.40. The van der Waals surface area contributed by atoms with Gasteiger partial charge in [-0.2, -0.15) is 0 Å². The summed E-state index contributed by atoms with van der Waals surface area (Å²) in [4.78, 5) is 21.6. The highest BCUT2D eigenvalue weighted by Crippen LogP contribution is 2.50. The minimum absolute atomic E-state index is 0.292. The van der Waals surface area contributed by atoms with Gasteiger partial charge in [-0.1, -0.05) is 0 Å². The monoisotopic (exact) mass is 297 g/mol. The molecule has 2 heterocycles. The number of halogens is 1. The van der Waals surface area contributed by atoms with Gasteiger partial charge in [0.1, 0.15) is 6.04 Å². The molecule has 3 atom stereocenters. The molecule has 1 aromatic heterocycles. The molecule has 1 saturated carbocycles. The topological polar surface area (TPSA) is 66.3 Å². The van der Waals surface area contributed by atoms with Gasteiger partial charge in [0.15, 0.2) is 0 Å². The number of aromatic nitrogens is 2. The molecule has 1 aliphatic carbocycles. The fraction of sp³-hybridized carbons (Fsp3) is 0.545. The quantitative estimate of drug-likeness (QED) is 0.895. The summed E-state index contributed by atoms with van der Waals surface area (Å²) < 4.78 is 0.845. The van der Waals surface area contributed by atoms with Crippen molar-refractivity contribution in [2.24, 2.45) is 11.8 Å². The molecule has 6 heteroatoms. The number of aliphatic carboxylic acids is 1. The number of hydrogen-bond acceptors (Lipinski definition) is 4. The first-order valence-corrected chi connectivity index (χ1v) is 6.36. The molecule has 5 nitrogen and oxygen atoms in total. The largest absolute Gasteiger partial charge is 0.480 e. The van der Waals surface area contributed by atoms with Crippen LogP contribution in [-0.4, -0.2) is 33.6 Å². The molecule has 2 fully saturated rings. The molecular formula is C11H12BrN3O2. The van der Waals surface area contributed by atoms with E-state index >= 15 is 0 Å². The number of carboxylic acids is 1. The first-order chi connectivity index (χ1) is 8.08. The van der Waals surface area contributed by atoms with Crippen LogP contribution in [0.15, 0.2) is 10.7 Å². The van der Waals surface area contributed by atoms with Gasteiger partial charge in [-0.15, -0.1) is 0 Å². The molecule has 1 saturated heterocycles. The zero-order valence-electron chi connectivity index (χ0n) is 9.30. The predicted molar refractivity (Wildman–Crippen MR) is 64.8 cm³/mol. The van der Waals surface area contributed by atoms with Gasteiger partial charge in [0.2, 0.25) is 5.95 Å². The van der Waals surface area contributed by atoms with E-state index in [1.54, 1.807) is 6.20 Å². The van der Waals surface area contributed by atoms with Crippen LogP contribution in [0, 0.1) is 18.8 Å². The number of piperidine rings is 1. The maximum Gasteiger partial charge on any atom is 0.326 e. The van der Waals surface area contributed by atoms with Crippen LogP contribution in [0.3, 0.4) is 0 Å². The number of hydrogen-bond donors (Lipinski definition) is 1. The SMILES string of the molecule is Cc1nc(N2CC3CC3C2C(=O)O)ncc1Br. The smallest absolute Gasteiger partial charge is 0.326 e. The Balaban J connectivity index is 1.93. The molecule has 0 spiro atoms. The second kappa shape index (κ2) is 3.66. The van der Waals surface area contributed by atoms with Crippen molar-refractivity contribution in [1.29, 1.82) is 0 Å². The zero-order valence-corrected chi connectivity index (χ0v) is 10.9. The van der Waals surface area contributed by atoms with Crippen molar-refractivity contribution in [2.45, 2.75) is 19.4 Å². The molecular weight excluding hydrogens is 286 g/mol. The summed E-state index contributed by atoms with van der Waals surface area (Å²) in [5.41, 5.74) is 0.833.